The highest BCUT2D eigenvalue weighted by Crippen LogP contribution is 2.19. The van der Waals surface area contributed by atoms with Gasteiger partial charge in [-0.1, -0.05) is 30.3 Å². The number of benzene rings is 1. The molecule has 2 rings (SSSR count). The first-order chi connectivity index (χ1) is 7.79. The van der Waals surface area contributed by atoms with Crippen LogP contribution in [-0.4, -0.2) is 16.6 Å². The van der Waals surface area contributed by atoms with Crippen molar-refractivity contribution in [2.75, 3.05) is 6.61 Å². The molecule has 1 aromatic heterocycles. The lowest BCUT2D eigenvalue weighted by molar-refractivity contribution is 0.326. The molecule has 0 fully saturated rings. The summed E-state index contributed by atoms with van der Waals surface area (Å²) in [6, 6.07) is 11.8. The fourth-order valence-corrected chi connectivity index (χ4v) is 1.63. The van der Waals surface area contributed by atoms with Crippen molar-refractivity contribution in [2.24, 2.45) is 0 Å². The normalized spacial score (nSPS) is 10.1. The molecule has 1 N–H and O–H groups in total. The number of ether oxygens (including phenoxy) is 1. The zero-order valence-corrected chi connectivity index (χ0v) is 9.75. The van der Waals surface area contributed by atoms with Gasteiger partial charge >= 0.3 is 0 Å². The number of H-pyrrole nitrogens is 1. The van der Waals surface area contributed by atoms with Crippen molar-refractivity contribution in [3.8, 4) is 17.1 Å². The summed E-state index contributed by atoms with van der Waals surface area (Å²) in [5, 5.41) is 0. The second-order valence-electron chi connectivity index (χ2n) is 3.24. The van der Waals surface area contributed by atoms with Crippen LogP contribution in [-0.2, 0) is 0 Å². The largest absolute Gasteiger partial charge is 0.478 e. The van der Waals surface area contributed by atoms with Crippen LogP contribution in [0.4, 0.5) is 0 Å². The predicted molar refractivity (Wildman–Crippen MR) is 66.0 cm³/mol. The maximum absolute atomic E-state index is 5.35. The first-order valence-electron chi connectivity index (χ1n) is 5.09. The third-order valence-electron chi connectivity index (χ3n) is 2.10. The minimum absolute atomic E-state index is 0.435. The van der Waals surface area contributed by atoms with Crippen molar-refractivity contribution < 1.29 is 4.74 Å². The summed E-state index contributed by atoms with van der Waals surface area (Å²) in [7, 11) is 0. The summed E-state index contributed by atoms with van der Waals surface area (Å²) in [4.78, 5) is 7.13. The number of aromatic amines is 1. The summed E-state index contributed by atoms with van der Waals surface area (Å²) in [6.45, 7) is 2.50. The molecule has 0 unspecified atom stereocenters. The molecule has 1 heterocycles. The fourth-order valence-electron chi connectivity index (χ4n) is 1.43. The molecule has 0 saturated heterocycles. The van der Waals surface area contributed by atoms with Crippen LogP contribution in [0.1, 0.15) is 6.92 Å². The van der Waals surface area contributed by atoms with Gasteiger partial charge in [-0.2, -0.15) is 4.98 Å². The van der Waals surface area contributed by atoms with Crippen LogP contribution in [0.2, 0.25) is 0 Å². The molecule has 4 heteroatoms. The molecule has 0 aliphatic heterocycles. The topological polar surface area (TPSA) is 37.9 Å². The molecular weight excluding hydrogens is 220 g/mol. The molecule has 0 spiro atoms. The molecule has 0 radical (unpaired) electrons. The quantitative estimate of drug-likeness (QED) is 0.826. The lowest BCUT2D eigenvalue weighted by atomic mass is 10.1. The number of nitrogens with one attached hydrogen (secondary N) is 1. The van der Waals surface area contributed by atoms with Crippen LogP contribution in [0.5, 0.6) is 5.88 Å². The van der Waals surface area contributed by atoms with Crippen LogP contribution in [0.15, 0.2) is 36.4 Å². The van der Waals surface area contributed by atoms with Crippen molar-refractivity contribution >= 4 is 12.2 Å². The smallest absolute Gasteiger partial charge is 0.218 e. The number of hydrogen-bond acceptors (Lipinski definition) is 3. The minimum Gasteiger partial charge on any atom is -0.478 e. The van der Waals surface area contributed by atoms with Gasteiger partial charge in [0.15, 0.2) is 0 Å². The van der Waals surface area contributed by atoms with Gasteiger partial charge < -0.3 is 9.72 Å². The van der Waals surface area contributed by atoms with Gasteiger partial charge in [0, 0.05) is 6.07 Å². The van der Waals surface area contributed by atoms with E-state index < -0.39 is 0 Å². The van der Waals surface area contributed by atoms with E-state index in [0.29, 0.717) is 17.3 Å². The maximum Gasteiger partial charge on any atom is 0.218 e. The van der Waals surface area contributed by atoms with Gasteiger partial charge in [0.05, 0.1) is 12.3 Å². The third kappa shape index (κ3) is 2.46. The van der Waals surface area contributed by atoms with Crippen molar-refractivity contribution in [1.82, 2.24) is 9.97 Å². The summed E-state index contributed by atoms with van der Waals surface area (Å²) in [5.41, 5.74) is 1.99. The average molecular weight is 232 g/mol. The Morgan fingerprint density at radius 3 is 2.75 bits per heavy atom. The summed E-state index contributed by atoms with van der Waals surface area (Å²) < 4.78 is 5.79. The highest BCUT2D eigenvalue weighted by atomic mass is 32.1. The molecule has 0 aliphatic rings. The molecule has 0 amide bonds. The number of rotatable bonds is 3. The van der Waals surface area contributed by atoms with Crippen molar-refractivity contribution in [3.63, 3.8) is 0 Å². The van der Waals surface area contributed by atoms with Gasteiger partial charge in [-0.25, -0.2) is 0 Å². The summed E-state index contributed by atoms with van der Waals surface area (Å²) in [6.07, 6.45) is 0. The molecule has 3 nitrogen and oxygen atoms in total. The van der Waals surface area contributed by atoms with E-state index in [2.05, 4.69) is 9.97 Å². The number of nitrogens with zero attached hydrogens (tertiary/aromatic N) is 1. The SMILES string of the molecule is CCOc1cc(-c2ccccc2)[nH]c(=S)n1. The minimum atomic E-state index is 0.435. The Labute approximate surface area is 99.1 Å². The molecule has 0 aliphatic carbocycles. The number of hydrogen-bond donors (Lipinski definition) is 1. The molecule has 82 valence electrons. The Morgan fingerprint density at radius 1 is 1.31 bits per heavy atom. The molecular formula is C12H12N2OS. The van der Waals surface area contributed by atoms with Crippen molar-refractivity contribution in [3.05, 3.63) is 41.2 Å². The molecule has 0 saturated carbocycles. The van der Waals surface area contributed by atoms with Crippen LogP contribution in [0.25, 0.3) is 11.3 Å². The molecule has 0 bridgehead atoms. The van der Waals surface area contributed by atoms with E-state index in [1.165, 1.54) is 0 Å². The van der Waals surface area contributed by atoms with Gasteiger partial charge in [0.2, 0.25) is 10.7 Å². The fraction of sp³-hybridized carbons (Fsp3) is 0.167. The number of aromatic nitrogens is 2. The summed E-state index contributed by atoms with van der Waals surface area (Å²) >= 11 is 5.05. The van der Waals surface area contributed by atoms with E-state index in [4.69, 9.17) is 17.0 Å². The first kappa shape index (κ1) is 10.8. The average Bonchev–Trinajstić information content (AvgIpc) is 2.30. The third-order valence-corrected chi connectivity index (χ3v) is 2.29. The highest BCUT2D eigenvalue weighted by Gasteiger charge is 2.01. The lowest BCUT2D eigenvalue weighted by Gasteiger charge is -2.05. The van der Waals surface area contributed by atoms with Gasteiger partial charge in [-0.05, 0) is 24.7 Å². The first-order valence-corrected chi connectivity index (χ1v) is 5.50. The monoisotopic (exact) mass is 232 g/mol. The second-order valence-corrected chi connectivity index (χ2v) is 3.62. The molecule has 16 heavy (non-hydrogen) atoms. The molecule has 1 aromatic carbocycles. The highest BCUT2D eigenvalue weighted by molar-refractivity contribution is 7.71. The second kappa shape index (κ2) is 4.90. The van der Waals surface area contributed by atoms with Crippen LogP contribution < -0.4 is 4.74 Å². The van der Waals surface area contributed by atoms with Crippen molar-refractivity contribution in [2.45, 2.75) is 6.92 Å². The van der Waals surface area contributed by atoms with E-state index >= 15 is 0 Å². The van der Waals surface area contributed by atoms with Gasteiger partial charge in [0.1, 0.15) is 0 Å². The van der Waals surface area contributed by atoms with Gasteiger partial charge in [-0.15, -0.1) is 0 Å². The van der Waals surface area contributed by atoms with E-state index in [1.807, 2.05) is 43.3 Å². The summed E-state index contributed by atoms with van der Waals surface area (Å²) in [5.74, 6) is 0.560. The Morgan fingerprint density at radius 2 is 2.06 bits per heavy atom. The Kier molecular flexibility index (Phi) is 3.31. The molecule has 2 aromatic rings. The zero-order valence-electron chi connectivity index (χ0n) is 8.93. The van der Waals surface area contributed by atoms with Gasteiger partial charge in [0.25, 0.3) is 0 Å². The Hall–Kier alpha value is -1.68. The Bertz CT molecular complexity index is 522. The maximum atomic E-state index is 5.35. The van der Waals surface area contributed by atoms with Crippen LogP contribution >= 0.6 is 12.2 Å². The van der Waals surface area contributed by atoms with Crippen LogP contribution in [0, 0.1) is 4.77 Å². The van der Waals surface area contributed by atoms with E-state index in [1.54, 1.807) is 0 Å². The Balaban J connectivity index is 2.45. The van der Waals surface area contributed by atoms with E-state index in [0.717, 1.165) is 11.3 Å². The van der Waals surface area contributed by atoms with E-state index in [-0.39, 0.29) is 0 Å². The molecule has 0 atom stereocenters. The predicted octanol–water partition coefficient (Wildman–Crippen LogP) is 3.20. The van der Waals surface area contributed by atoms with Crippen LogP contribution in [0.3, 0.4) is 0 Å². The van der Waals surface area contributed by atoms with E-state index in [9.17, 15) is 0 Å². The standard InChI is InChI=1S/C12H12N2OS/c1-2-15-11-8-10(13-12(16)14-11)9-6-4-3-5-7-9/h3-8H,2H2,1H3,(H,13,14,16). The lowest BCUT2D eigenvalue weighted by Crippen LogP contribution is -1.96. The zero-order chi connectivity index (χ0) is 11.4. The van der Waals surface area contributed by atoms with Gasteiger partial charge in [-0.3, -0.25) is 0 Å². The van der Waals surface area contributed by atoms with Crippen molar-refractivity contribution in [1.29, 1.82) is 0 Å².